The van der Waals surface area contributed by atoms with E-state index >= 15 is 0 Å². The molecule has 3 rings (SSSR count). The van der Waals surface area contributed by atoms with Gasteiger partial charge in [0.25, 0.3) is 5.91 Å². The van der Waals surface area contributed by atoms with Crippen molar-refractivity contribution in [3.05, 3.63) is 53.0 Å². The number of methoxy groups -OCH3 is 1. The van der Waals surface area contributed by atoms with Crippen molar-refractivity contribution >= 4 is 29.0 Å². The second kappa shape index (κ2) is 9.37. The zero-order valence-electron chi connectivity index (χ0n) is 15.3. The number of allylic oxidation sites excluding steroid dienone is 1. The minimum atomic E-state index is -0.351. The Hall–Kier alpha value is -2.60. The number of anilines is 2. The van der Waals surface area contributed by atoms with E-state index < -0.39 is 0 Å². The molecule has 0 unspecified atom stereocenters. The van der Waals surface area contributed by atoms with Crippen LogP contribution in [0.3, 0.4) is 0 Å². The minimum absolute atomic E-state index is 0.270. The van der Waals surface area contributed by atoms with Crippen LogP contribution < -0.4 is 15.4 Å². The van der Waals surface area contributed by atoms with E-state index in [-0.39, 0.29) is 11.6 Å². The smallest absolute Gasteiger partial charge is 0.274 e. The number of carbonyl (C=O) groups is 1. The minimum Gasteiger partial charge on any atom is -0.495 e. The van der Waals surface area contributed by atoms with Crippen LogP contribution in [0.1, 0.15) is 42.6 Å². The fourth-order valence-electron chi connectivity index (χ4n) is 3.03. The lowest BCUT2D eigenvalue weighted by Crippen LogP contribution is -2.15. The number of nitrogens with zero attached hydrogens (tertiary/aromatic N) is 2. The van der Waals surface area contributed by atoms with Crippen LogP contribution in [0.25, 0.3) is 0 Å². The maximum Gasteiger partial charge on any atom is 0.274 e. The third-order valence-corrected chi connectivity index (χ3v) is 4.68. The molecule has 0 aliphatic heterocycles. The Morgan fingerprint density at radius 3 is 2.93 bits per heavy atom. The lowest BCUT2D eigenvalue weighted by atomic mass is 9.97. The molecule has 0 bridgehead atoms. The Kier molecular flexibility index (Phi) is 6.65. The highest BCUT2D eigenvalue weighted by molar-refractivity contribution is 6.31. The van der Waals surface area contributed by atoms with Gasteiger partial charge < -0.3 is 15.4 Å². The van der Waals surface area contributed by atoms with Crippen LogP contribution >= 0.6 is 11.6 Å². The largest absolute Gasteiger partial charge is 0.495 e. The number of hydrogen-bond donors (Lipinski definition) is 2. The Balaban J connectivity index is 1.61. The molecular weight excluding hydrogens is 364 g/mol. The van der Waals surface area contributed by atoms with Gasteiger partial charge in [-0.3, -0.25) is 4.79 Å². The van der Waals surface area contributed by atoms with Crippen molar-refractivity contribution < 1.29 is 9.53 Å². The van der Waals surface area contributed by atoms with Crippen molar-refractivity contribution in [1.29, 1.82) is 0 Å². The molecule has 1 aromatic heterocycles. The number of halogens is 1. The summed E-state index contributed by atoms with van der Waals surface area (Å²) in [5, 5.41) is 6.55. The van der Waals surface area contributed by atoms with Gasteiger partial charge in [-0.2, -0.15) is 0 Å². The van der Waals surface area contributed by atoms with Crippen LogP contribution in [-0.2, 0) is 0 Å². The van der Waals surface area contributed by atoms with E-state index in [4.69, 9.17) is 16.3 Å². The predicted molar refractivity (Wildman–Crippen MR) is 108 cm³/mol. The number of nitrogens with one attached hydrogen (secondary N) is 2. The van der Waals surface area contributed by atoms with E-state index in [1.165, 1.54) is 44.7 Å². The lowest BCUT2D eigenvalue weighted by molar-refractivity contribution is 0.102. The van der Waals surface area contributed by atoms with Crippen LogP contribution in [0.4, 0.5) is 11.5 Å². The topological polar surface area (TPSA) is 76.1 Å². The highest BCUT2D eigenvalue weighted by Crippen LogP contribution is 2.28. The molecule has 1 heterocycles. The molecule has 0 saturated carbocycles. The van der Waals surface area contributed by atoms with Gasteiger partial charge >= 0.3 is 0 Å². The van der Waals surface area contributed by atoms with Gasteiger partial charge in [0.1, 0.15) is 23.6 Å². The van der Waals surface area contributed by atoms with Crippen molar-refractivity contribution in [2.75, 3.05) is 24.3 Å². The molecule has 0 saturated heterocycles. The number of aromatic nitrogens is 2. The summed E-state index contributed by atoms with van der Waals surface area (Å²) in [4.78, 5) is 20.8. The molecule has 1 aliphatic carbocycles. The van der Waals surface area contributed by atoms with Gasteiger partial charge in [0.2, 0.25) is 0 Å². The van der Waals surface area contributed by atoms with Crippen LogP contribution in [0.2, 0.25) is 5.02 Å². The number of carbonyl (C=O) groups excluding carboxylic acids is 1. The van der Waals surface area contributed by atoms with Gasteiger partial charge in [0.05, 0.1) is 12.8 Å². The molecule has 1 amide bonds. The molecule has 0 atom stereocenters. The average Bonchev–Trinajstić information content (AvgIpc) is 2.69. The van der Waals surface area contributed by atoms with E-state index in [0.717, 1.165) is 13.0 Å². The SMILES string of the molecule is COc1ccc(Cl)cc1NC(=O)c1cc(NCCC2=CCCCC2)ncn1. The summed E-state index contributed by atoms with van der Waals surface area (Å²) >= 11 is 6.00. The molecular formula is C20H23ClN4O2. The zero-order valence-corrected chi connectivity index (χ0v) is 16.1. The standard InChI is InChI=1S/C20H23ClN4O2/c1-27-18-8-7-15(21)11-16(18)25-20(26)17-12-19(24-13-23-17)22-10-9-14-5-3-2-4-6-14/h5,7-8,11-13H,2-4,6,9-10H2,1H3,(H,25,26)(H,22,23,24). The second-order valence-electron chi connectivity index (χ2n) is 6.37. The first-order chi connectivity index (χ1) is 13.2. The molecule has 0 fully saturated rings. The normalized spacial score (nSPS) is 13.6. The van der Waals surface area contributed by atoms with Gasteiger partial charge in [-0.1, -0.05) is 23.3 Å². The average molecular weight is 387 g/mol. The second-order valence-corrected chi connectivity index (χ2v) is 6.81. The Morgan fingerprint density at radius 1 is 1.26 bits per heavy atom. The molecule has 0 radical (unpaired) electrons. The molecule has 1 aromatic carbocycles. The number of benzene rings is 1. The number of amides is 1. The quantitative estimate of drug-likeness (QED) is 0.675. The van der Waals surface area contributed by atoms with Crippen molar-refractivity contribution in [3.8, 4) is 5.75 Å². The fourth-order valence-corrected chi connectivity index (χ4v) is 3.20. The van der Waals surface area contributed by atoms with Crippen LogP contribution in [0.5, 0.6) is 5.75 Å². The van der Waals surface area contributed by atoms with Gasteiger partial charge in [0.15, 0.2) is 0 Å². The van der Waals surface area contributed by atoms with E-state index in [1.54, 1.807) is 24.3 Å². The third-order valence-electron chi connectivity index (χ3n) is 4.45. The molecule has 2 N–H and O–H groups in total. The number of rotatable bonds is 7. The van der Waals surface area contributed by atoms with Gasteiger partial charge in [-0.25, -0.2) is 9.97 Å². The molecule has 2 aromatic rings. The van der Waals surface area contributed by atoms with Crippen LogP contribution in [0.15, 0.2) is 42.2 Å². The highest BCUT2D eigenvalue weighted by Gasteiger charge is 2.13. The zero-order chi connectivity index (χ0) is 19.1. The maximum absolute atomic E-state index is 12.5. The van der Waals surface area contributed by atoms with E-state index in [2.05, 4.69) is 26.7 Å². The van der Waals surface area contributed by atoms with E-state index in [1.807, 2.05) is 0 Å². The first-order valence-electron chi connectivity index (χ1n) is 9.04. The fraction of sp³-hybridized carbons (Fsp3) is 0.350. The summed E-state index contributed by atoms with van der Waals surface area (Å²) in [6, 6.07) is 6.67. The van der Waals surface area contributed by atoms with Crippen molar-refractivity contribution in [1.82, 2.24) is 9.97 Å². The van der Waals surface area contributed by atoms with E-state index in [9.17, 15) is 4.79 Å². The van der Waals surface area contributed by atoms with Gasteiger partial charge in [0, 0.05) is 17.6 Å². The highest BCUT2D eigenvalue weighted by atomic mass is 35.5. The van der Waals surface area contributed by atoms with Crippen LogP contribution in [0, 0.1) is 0 Å². The summed E-state index contributed by atoms with van der Waals surface area (Å²) in [6.07, 6.45) is 9.63. The molecule has 6 nitrogen and oxygen atoms in total. The third kappa shape index (κ3) is 5.44. The lowest BCUT2D eigenvalue weighted by Gasteiger charge is -2.13. The van der Waals surface area contributed by atoms with Crippen LogP contribution in [-0.4, -0.2) is 29.5 Å². The molecule has 0 spiro atoms. The first-order valence-corrected chi connectivity index (χ1v) is 9.42. The Labute approximate surface area is 164 Å². The Bertz CT molecular complexity index is 838. The van der Waals surface area contributed by atoms with Crippen molar-refractivity contribution in [2.24, 2.45) is 0 Å². The van der Waals surface area contributed by atoms with Gasteiger partial charge in [-0.15, -0.1) is 0 Å². The van der Waals surface area contributed by atoms with Gasteiger partial charge in [-0.05, 0) is 50.3 Å². The maximum atomic E-state index is 12.5. The summed E-state index contributed by atoms with van der Waals surface area (Å²) in [7, 11) is 1.54. The summed E-state index contributed by atoms with van der Waals surface area (Å²) in [6.45, 7) is 0.784. The summed E-state index contributed by atoms with van der Waals surface area (Å²) in [5.41, 5.74) is 2.26. The molecule has 1 aliphatic rings. The predicted octanol–water partition coefficient (Wildman–Crippen LogP) is 4.69. The summed E-state index contributed by atoms with van der Waals surface area (Å²) in [5.74, 6) is 0.807. The number of ether oxygens (including phenoxy) is 1. The molecule has 142 valence electrons. The molecule has 27 heavy (non-hydrogen) atoms. The van der Waals surface area contributed by atoms with Crippen molar-refractivity contribution in [3.63, 3.8) is 0 Å². The summed E-state index contributed by atoms with van der Waals surface area (Å²) < 4.78 is 5.25. The monoisotopic (exact) mass is 386 g/mol. The van der Waals surface area contributed by atoms with E-state index in [0.29, 0.717) is 22.3 Å². The van der Waals surface area contributed by atoms with Crippen molar-refractivity contribution in [2.45, 2.75) is 32.1 Å². The Morgan fingerprint density at radius 2 is 2.15 bits per heavy atom. The molecule has 7 heteroatoms. The first kappa shape index (κ1) is 19.2. The number of hydrogen-bond acceptors (Lipinski definition) is 5.